The minimum absolute atomic E-state index is 0.386. The van der Waals surface area contributed by atoms with Crippen molar-refractivity contribution in [3.63, 3.8) is 0 Å². The first-order valence-corrected chi connectivity index (χ1v) is 5.95. The highest BCUT2D eigenvalue weighted by atomic mass is 19.1. The lowest BCUT2D eigenvalue weighted by Gasteiger charge is -2.33. The van der Waals surface area contributed by atoms with Gasteiger partial charge in [-0.05, 0) is 18.6 Å². The van der Waals surface area contributed by atoms with Gasteiger partial charge in [0.15, 0.2) is 0 Å². The molecule has 0 saturated carbocycles. The summed E-state index contributed by atoms with van der Waals surface area (Å²) in [7, 11) is 0. The van der Waals surface area contributed by atoms with Crippen molar-refractivity contribution in [2.45, 2.75) is 19.5 Å². The highest BCUT2D eigenvalue weighted by molar-refractivity contribution is 5.35. The van der Waals surface area contributed by atoms with Gasteiger partial charge in [0, 0.05) is 38.3 Å². The first-order chi connectivity index (χ1) is 8.58. The van der Waals surface area contributed by atoms with Crippen LogP contribution in [0.4, 0.5) is 10.1 Å². The first kappa shape index (κ1) is 12.9. The summed E-state index contributed by atoms with van der Waals surface area (Å²) in [6.07, 6.45) is 0. The molecule has 1 aromatic carbocycles. The van der Waals surface area contributed by atoms with Crippen LogP contribution in [0.3, 0.4) is 0 Å². The zero-order valence-electron chi connectivity index (χ0n) is 10.2. The lowest BCUT2D eigenvalue weighted by Crippen LogP contribution is -2.49. The van der Waals surface area contributed by atoms with Crippen molar-refractivity contribution in [1.29, 1.82) is 0 Å². The zero-order chi connectivity index (χ0) is 13.1. The fraction of sp³-hybridized carbons (Fsp3) is 0.500. The predicted molar refractivity (Wildman–Crippen MR) is 65.8 cm³/mol. The van der Waals surface area contributed by atoms with E-state index < -0.39 is 16.4 Å². The van der Waals surface area contributed by atoms with E-state index >= 15 is 0 Å². The van der Waals surface area contributed by atoms with Crippen molar-refractivity contribution >= 4 is 5.69 Å². The minimum Gasteiger partial charge on any atom is -0.314 e. The molecule has 5 nitrogen and oxygen atoms in total. The van der Waals surface area contributed by atoms with Crippen LogP contribution in [-0.2, 0) is 6.54 Å². The maximum atomic E-state index is 13.5. The van der Waals surface area contributed by atoms with Gasteiger partial charge in [0.05, 0.1) is 4.92 Å². The van der Waals surface area contributed by atoms with Gasteiger partial charge in [-0.3, -0.25) is 15.0 Å². The Morgan fingerprint density at radius 3 is 3.00 bits per heavy atom. The molecular formula is C12H16FN3O2. The Morgan fingerprint density at radius 2 is 2.39 bits per heavy atom. The lowest BCUT2D eigenvalue weighted by molar-refractivity contribution is -0.387. The summed E-state index contributed by atoms with van der Waals surface area (Å²) >= 11 is 0. The van der Waals surface area contributed by atoms with Crippen LogP contribution in [0.25, 0.3) is 0 Å². The van der Waals surface area contributed by atoms with E-state index in [4.69, 9.17) is 0 Å². The third-order valence-electron chi connectivity index (χ3n) is 3.23. The number of hydrogen-bond donors (Lipinski definition) is 1. The number of nitrogens with zero attached hydrogens (tertiary/aromatic N) is 2. The van der Waals surface area contributed by atoms with Crippen molar-refractivity contribution in [3.8, 4) is 0 Å². The highest BCUT2D eigenvalue weighted by Crippen LogP contribution is 2.19. The van der Waals surface area contributed by atoms with Crippen molar-refractivity contribution < 1.29 is 9.31 Å². The lowest BCUT2D eigenvalue weighted by atomic mass is 10.1. The number of nitro benzene ring substituents is 1. The third-order valence-corrected chi connectivity index (χ3v) is 3.23. The molecule has 0 bridgehead atoms. The predicted octanol–water partition coefficient (Wildman–Crippen LogP) is 1.53. The largest absolute Gasteiger partial charge is 0.314 e. The third kappa shape index (κ3) is 2.83. The normalized spacial score (nSPS) is 20.9. The molecule has 1 aliphatic rings. The van der Waals surface area contributed by atoms with Crippen LogP contribution in [0.5, 0.6) is 0 Å². The maximum absolute atomic E-state index is 13.5. The molecule has 0 unspecified atom stereocenters. The van der Waals surface area contributed by atoms with Crippen molar-refractivity contribution in [2.75, 3.05) is 19.6 Å². The van der Waals surface area contributed by atoms with Crippen LogP contribution in [-0.4, -0.2) is 35.5 Å². The molecule has 0 amide bonds. The maximum Gasteiger partial charge on any atom is 0.304 e. The van der Waals surface area contributed by atoms with Gasteiger partial charge in [0.1, 0.15) is 0 Å². The number of nitrogens with one attached hydrogen (secondary N) is 1. The van der Waals surface area contributed by atoms with Gasteiger partial charge < -0.3 is 5.32 Å². The van der Waals surface area contributed by atoms with E-state index in [9.17, 15) is 14.5 Å². The van der Waals surface area contributed by atoms with E-state index in [-0.39, 0.29) is 0 Å². The molecule has 0 radical (unpaired) electrons. The summed E-state index contributed by atoms with van der Waals surface area (Å²) in [6.45, 7) is 5.46. The summed E-state index contributed by atoms with van der Waals surface area (Å²) in [6, 6.07) is 4.50. The Bertz CT molecular complexity index is 453. The molecule has 0 spiro atoms. The summed E-state index contributed by atoms with van der Waals surface area (Å²) in [5.74, 6) is -0.764. The molecule has 1 aliphatic heterocycles. The number of benzene rings is 1. The summed E-state index contributed by atoms with van der Waals surface area (Å²) in [5.41, 5.74) is 0.305. The standard InChI is InChI=1S/C12H16FN3O2/c1-9-7-14-4-5-15(9)8-10-2-3-12(16(17)18)11(13)6-10/h2-3,6,9,14H,4-5,7-8H2,1H3/t9-/m1/s1. The number of hydrogen-bond acceptors (Lipinski definition) is 4. The monoisotopic (exact) mass is 253 g/mol. The summed E-state index contributed by atoms with van der Waals surface area (Å²) in [4.78, 5) is 12.1. The Labute approximate surface area is 105 Å². The second-order valence-electron chi connectivity index (χ2n) is 4.57. The van der Waals surface area contributed by atoms with Crippen LogP contribution < -0.4 is 5.32 Å². The molecule has 98 valence electrons. The second kappa shape index (κ2) is 5.41. The second-order valence-corrected chi connectivity index (χ2v) is 4.57. The quantitative estimate of drug-likeness (QED) is 0.655. The number of nitro groups is 1. The van der Waals surface area contributed by atoms with E-state index in [1.54, 1.807) is 6.07 Å². The van der Waals surface area contributed by atoms with Crippen molar-refractivity contribution in [3.05, 3.63) is 39.7 Å². The number of halogens is 1. The minimum atomic E-state index is -0.764. The van der Waals surface area contributed by atoms with Crippen LogP contribution in [0.2, 0.25) is 0 Å². The average molecular weight is 253 g/mol. The van der Waals surface area contributed by atoms with Crippen LogP contribution in [0.15, 0.2) is 18.2 Å². The van der Waals surface area contributed by atoms with Crippen LogP contribution in [0.1, 0.15) is 12.5 Å². The van der Waals surface area contributed by atoms with Gasteiger partial charge in [-0.25, -0.2) is 0 Å². The van der Waals surface area contributed by atoms with E-state index in [1.165, 1.54) is 12.1 Å². The molecular weight excluding hydrogens is 237 g/mol. The van der Waals surface area contributed by atoms with E-state index in [1.807, 2.05) is 0 Å². The highest BCUT2D eigenvalue weighted by Gasteiger charge is 2.19. The smallest absolute Gasteiger partial charge is 0.304 e. The Morgan fingerprint density at radius 1 is 1.61 bits per heavy atom. The molecule has 1 N–H and O–H groups in total. The molecule has 1 fully saturated rings. The van der Waals surface area contributed by atoms with E-state index in [2.05, 4.69) is 17.1 Å². The van der Waals surface area contributed by atoms with Crippen molar-refractivity contribution in [1.82, 2.24) is 10.2 Å². The van der Waals surface area contributed by atoms with Gasteiger partial charge in [0.25, 0.3) is 0 Å². The topological polar surface area (TPSA) is 58.4 Å². The molecule has 1 saturated heterocycles. The van der Waals surface area contributed by atoms with E-state index in [0.717, 1.165) is 25.2 Å². The Hall–Kier alpha value is -1.53. The fourth-order valence-corrected chi connectivity index (χ4v) is 2.15. The molecule has 18 heavy (non-hydrogen) atoms. The molecule has 6 heteroatoms. The van der Waals surface area contributed by atoms with Crippen molar-refractivity contribution in [2.24, 2.45) is 0 Å². The van der Waals surface area contributed by atoms with Gasteiger partial charge >= 0.3 is 5.69 Å². The SMILES string of the molecule is C[C@@H]1CNCCN1Cc1ccc([N+](=O)[O-])c(F)c1. The zero-order valence-corrected chi connectivity index (χ0v) is 10.2. The fourth-order valence-electron chi connectivity index (χ4n) is 2.15. The van der Waals surface area contributed by atoms with E-state index in [0.29, 0.717) is 12.6 Å². The van der Waals surface area contributed by atoms with Gasteiger partial charge in [-0.15, -0.1) is 0 Å². The molecule has 1 heterocycles. The summed E-state index contributed by atoms with van der Waals surface area (Å²) in [5, 5.41) is 13.8. The Kier molecular flexibility index (Phi) is 3.88. The number of rotatable bonds is 3. The first-order valence-electron chi connectivity index (χ1n) is 5.95. The number of piperazine rings is 1. The molecule has 0 aliphatic carbocycles. The molecule has 0 aromatic heterocycles. The molecule has 2 rings (SSSR count). The molecule has 1 aromatic rings. The van der Waals surface area contributed by atoms with Gasteiger partial charge in [-0.2, -0.15) is 4.39 Å². The van der Waals surface area contributed by atoms with Gasteiger partial charge in [0.2, 0.25) is 5.82 Å². The Balaban J connectivity index is 2.10. The van der Waals surface area contributed by atoms with Crippen LogP contribution >= 0.6 is 0 Å². The summed E-state index contributed by atoms with van der Waals surface area (Å²) < 4.78 is 13.5. The average Bonchev–Trinajstić information content (AvgIpc) is 2.32. The van der Waals surface area contributed by atoms with Crippen LogP contribution in [0, 0.1) is 15.9 Å². The molecule has 1 atom stereocenters. The van der Waals surface area contributed by atoms with Gasteiger partial charge in [-0.1, -0.05) is 6.07 Å².